The minimum absolute atomic E-state index is 0.322. The van der Waals surface area contributed by atoms with Crippen molar-refractivity contribution in [2.24, 2.45) is 5.92 Å². The van der Waals surface area contributed by atoms with E-state index in [9.17, 15) is 4.79 Å². The van der Waals surface area contributed by atoms with Crippen LogP contribution in [0, 0.1) is 5.92 Å². The lowest BCUT2D eigenvalue weighted by molar-refractivity contribution is -0.153. The summed E-state index contributed by atoms with van der Waals surface area (Å²) >= 11 is 0. The molecule has 0 spiro atoms. The fourth-order valence-corrected chi connectivity index (χ4v) is 0.369. The van der Waals surface area contributed by atoms with Crippen LogP contribution in [-0.2, 0) is 9.53 Å². The molecule has 0 aliphatic carbocycles. The quantitative estimate of drug-likeness (QED) is 0.519. The molecule has 3 heteroatoms. The van der Waals surface area contributed by atoms with E-state index < -0.39 is 12.1 Å². The van der Waals surface area contributed by atoms with Crippen molar-refractivity contribution in [2.45, 2.75) is 26.9 Å². The molecule has 0 saturated heterocycles. The van der Waals surface area contributed by atoms with Crippen LogP contribution < -0.4 is 0 Å². The van der Waals surface area contributed by atoms with Crippen LogP contribution in [0.4, 0.5) is 0 Å². The van der Waals surface area contributed by atoms with Crippen LogP contribution in [0.5, 0.6) is 0 Å². The summed E-state index contributed by atoms with van der Waals surface area (Å²) in [7, 11) is 0. The van der Waals surface area contributed by atoms with Crippen molar-refractivity contribution in [1.29, 1.82) is 0 Å². The highest BCUT2D eigenvalue weighted by Crippen LogP contribution is 1.94. The van der Waals surface area contributed by atoms with E-state index >= 15 is 0 Å². The van der Waals surface area contributed by atoms with E-state index in [2.05, 4.69) is 17.9 Å². The number of carbonyl (C=O) groups excluding carboxylic acids is 1. The second-order valence-corrected chi connectivity index (χ2v) is 2.70. The van der Waals surface area contributed by atoms with Gasteiger partial charge in [-0.2, -0.15) is 0 Å². The average Bonchev–Trinajstić information content (AvgIpc) is 2.03. The van der Waals surface area contributed by atoms with Gasteiger partial charge in [0.15, 0.2) is 0 Å². The van der Waals surface area contributed by atoms with Crippen LogP contribution in [-0.4, -0.2) is 23.8 Å². The number of hydrogen-bond donors (Lipinski definition) is 1. The molecule has 1 unspecified atom stereocenters. The van der Waals surface area contributed by atoms with Crippen LogP contribution in [0.25, 0.3) is 0 Å². The van der Waals surface area contributed by atoms with E-state index in [1.807, 2.05) is 13.8 Å². The lowest BCUT2D eigenvalue weighted by Gasteiger charge is -2.07. The molecule has 0 heterocycles. The minimum Gasteiger partial charge on any atom is -0.464 e. The predicted molar refractivity (Wildman–Crippen MR) is 48.7 cm³/mol. The smallest absolute Gasteiger partial charge is 0.334 e. The highest BCUT2D eigenvalue weighted by atomic mass is 16.5. The van der Waals surface area contributed by atoms with Gasteiger partial charge in [-0.3, -0.25) is 0 Å². The van der Waals surface area contributed by atoms with Gasteiger partial charge in [0.1, 0.15) is 6.10 Å². The molecule has 72 valence electrons. The highest BCUT2D eigenvalue weighted by molar-refractivity contribution is 5.73. The summed E-state index contributed by atoms with van der Waals surface area (Å²) < 4.78 is 4.68. The van der Waals surface area contributed by atoms with Crippen molar-refractivity contribution in [1.82, 2.24) is 0 Å². The molecular weight excluding hydrogens is 156 g/mol. The fourth-order valence-electron chi connectivity index (χ4n) is 0.369. The summed E-state index contributed by atoms with van der Waals surface area (Å²) in [5.41, 5.74) is 0. The molecule has 1 atom stereocenters. The van der Waals surface area contributed by atoms with Crippen LogP contribution in [0.2, 0.25) is 0 Å². The van der Waals surface area contributed by atoms with Crippen molar-refractivity contribution in [3.63, 3.8) is 0 Å². The molecule has 3 nitrogen and oxygen atoms in total. The Balaban J connectivity index is 0. The van der Waals surface area contributed by atoms with Gasteiger partial charge in [0, 0.05) is 0 Å². The lowest BCUT2D eigenvalue weighted by Crippen LogP contribution is -2.21. The van der Waals surface area contributed by atoms with E-state index in [1.54, 1.807) is 0 Å². The van der Waals surface area contributed by atoms with E-state index in [1.165, 1.54) is 6.92 Å². The number of carbonyl (C=O) groups is 1. The average molecular weight is 174 g/mol. The monoisotopic (exact) mass is 174 g/mol. The maximum Gasteiger partial charge on any atom is 0.334 e. The second-order valence-electron chi connectivity index (χ2n) is 2.70. The Labute approximate surface area is 74.0 Å². The Hall–Kier alpha value is -0.830. The van der Waals surface area contributed by atoms with Gasteiger partial charge in [0.2, 0.25) is 0 Å². The van der Waals surface area contributed by atoms with Crippen LogP contribution >= 0.6 is 0 Å². The summed E-state index contributed by atoms with van der Waals surface area (Å²) in [6, 6.07) is 0. The van der Waals surface area contributed by atoms with Crippen LogP contribution in [0.15, 0.2) is 13.2 Å². The molecule has 0 amide bonds. The third kappa shape index (κ3) is 9.17. The van der Waals surface area contributed by atoms with Gasteiger partial charge in [0.25, 0.3) is 0 Å². The number of aliphatic hydroxyl groups excluding tert-OH is 1. The summed E-state index contributed by atoms with van der Waals surface area (Å²) in [5.74, 6) is -0.226. The standard InChI is InChI=1S/C7H14O3.C2H4/c1-5(2)4-10-7(9)6(3)8;1-2/h5-6,8H,4H2,1-3H3;1-2H2. The topological polar surface area (TPSA) is 46.5 Å². The molecule has 1 N–H and O–H groups in total. The van der Waals surface area contributed by atoms with E-state index in [-0.39, 0.29) is 0 Å². The first kappa shape index (κ1) is 13.7. The number of rotatable bonds is 3. The molecular formula is C9H18O3. The summed E-state index contributed by atoms with van der Waals surface area (Å²) in [6.07, 6.45) is -1.00. The molecule has 0 bridgehead atoms. The zero-order valence-electron chi connectivity index (χ0n) is 8.04. The normalized spacial score (nSPS) is 11.4. The van der Waals surface area contributed by atoms with Gasteiger partial charge in [-0.05, 0) is 12.8 Å². The van der Waals surface area contributed by atoms with E-state index in [0.29, 0.717) is 12.5 Å². The maximum atomic E-state index is 10.6. The van der Waals surface area contributed by atoms with Crippen molar-refractivity contribution in [2.75, 3.05) is 6.61 Å². The molecule has 0 aromatic carbocycles. The van der Waals surface area contributed by atoms with Crippen molar-refractivity contribution >= 4 is 5.97 Å². The van der Waals surface area contributed by atoms with Gasteiger partial charge in [-0.25, -0.2) is 4.79 Å². The molecule has 0 aliphatic rings. The molecule has 0 fully saturated rings. The van der Waals surface area contributed by atoms with E-state index in [4.69, 9.17) is 5.11 Å². The van der Waals surface area contributed by atoms with Crippen molar-refractivity contribution in [3.8, 4) is 0 Å². The summed E-state index contributed by atoms with van der Waals surface area (Å²) in [4.78, 5) is 10.6. The van der Waals surface area contributed by atoms with Crippen LogP contribution in [0.3, 0.4) is 0 Å². The minimum atomic E-state index is -1.00. The summed E-state index contributed by atoms with van der Waals surface area (Å²) in [6.45, 7) is 11.6. The largest absolute Gasteiger partial charge is 0.464 e. The Morgan fingerprint density at radius 3 is 2.08 bits per heavy atom. The summed E-state index contributed by atoms with van der Waals surface area (Å²) in [5, 5.41) is 8.66. The maximum absolute atomic E-state index is 10.6. The first-order chi connectivity index (χ1) is 5.54. The van der Waals surface area contributed by atoms with Gasteiger partial charge in [-0.15, -0.1) is 13.2 Å². The zero-order chi connectivity index (χ0) is 10.1. The number of aliphatic hydroxyl groups is 1. The van der Waals surface area contributed by atoms with E-state index in [0.717, 1.165) is 0 Å². The fraction of sp³-hybridized carbons (Fsp3) is 0.667. The first-order valence-electron chi connectivity index (χ1n) is 3.88. The Kier molecular flexibility index (Phi) is 9.47. The van der Waals surface area contributed by atoms with Gasteiger partial charge in [-0.1, -0.05) is 13.8 Å². The SMILES string of the molecule is C=C.CC(C)COC(=O)C(C)O. The molecule has 0 aliphatic heterocycles. The third-order valence-corrected chi connectivity index (χ3v) is 0.900. The zero-order valence-corrected chi connectivity index (χ0v) is 8.04. The number of ether oxygens (including phenoxy) is 1. The van der Waals surface area contributed by atoms with Crippen molar-refractivity contribution in [3.05, 3.63) is 13.2 Å². The molecule has 0 aromatic rings. The molecule has 12 heavy (non-hydrogen) atoms. The second kappa shape index (κ2) is 8.27. The van der Waals surface area contributed by atoms with Crippen LogP contribution in [0.1, 0.15) is 20.8 Å². The Bertz CT molecular complexity index is 119. The predicted octanol–water partition coefficient (Wildman–Crippen LogP) is 1.37. The van der Waals surface area contributed by atoms with Gasteiger partial charge in [0.05, 0.1) is 6.61 Å². The Morgan fingerprint density at radius 1 is 1.42 bits per heavy atom. The molecule has 0 rings (SSSR count). The molecule has 0 aromatic heterocycles. The molecule has 0 radical (unpaired) electrons. The molecule has 0 saturated carbocycles. The Morgan fingerprint density at radius 2 is 1.83 bits per heavy atom. The van der Waals surface area contributed by atoms with Crippen molar-refractivity contribution < 1.29 is 14.6 Å². The van der Waals surface area contributed by atoms with Gasteiger partial charge >= 0.3 is 5.97 Å². The highest BCUT2D eigenvalue weighted by Gasteiger charge is 2.09. The third-order valence-electron chi connectivity index (χ3n) is 0.900. The lowest BCUT2D eigenvalue weighted by atomic mass is 10.2. The van der Waals surface area contributed by atoms with Gasteiger partial charge < -0.3 is 9.84 Å². The first-order valence-corrected chi connectivity index (χ1v) is 3.88. The number of hydrogen-bond acceptors (Lipinski definition) is 3. The number of esters is 1.